The fourth-order valence-corrected chi connectivity index (χ4v) is 3.12. The lowest BCUT2D eigenvalue weighted by molar-refractivity contribution is 0.0943. The lowest BCUT2D eigenvalue weighted by Crippen LogP contribution is -2.23. The van der Waals surface area contributed by atoms with Crippen molar-refractivity contribution < 1.29 is 9.21 Å². The van der Waals surface area contributed by atoms with Crippen LogP contribution in [0.1, 0.15) is 22.3 Å². The Balaban J connectivity index is 1.50. The van der Waals surface area contributed by atoms with Crippen LogP contribution in [0, 0.1) is 6.92 Å². The van der Waals surface area contributed by atoms with Gasteiger partial charge in [-0.15, -0.1) is 21.5 Å². The van der Waals surface area contributed by atoms with E-state index in [1.807, 2.05) is 30.3 Å². The molecule has 8 heteroatoms. The molecular formula is C16H13N5O2S. The molecule has 24 heavy (non-hydrogen) atoms. The van der Waals surface area contributed by atoms with Crippen molar-refractivity contribution in [2.75, 3.05) is 0 Å². The Morgan fingerprint density at radius 3 is 3.00 bits per heavy atom. The number of fused-ring (bicyclic) bond motifs is 1. The summed E-state index contributed by atoms with van der Waals surface area (Å²) < 4.78 is 5.22. The second-order valence-electron chi connectivity index (χ2n) is 5.21. The van der Waals surface area contributed by atoms with Crippen LogP contribution in [0.3, 0.4) is 0 Å². The van der Waals surface area contributed by atoms with Gasteiger partial charge in [-0.1, -0.05) is 18.2 Å². The van der Waals surface area contributed by atoms with Gasteiger partial charge in [-0.3, -0.25) is 4.79 Å². The summed E-state index contributed by atoms with van der Waals surface area (Å²) in [5.74, 6) is 0.561. The van der Waals surface area contributed by atoms with Crippen molar-refractivity contribution in [1.82, 2.24) is 25.5 Å². The molecule has 0 fully saturated rings. The summed E-state index contributed by atoms with van der Waals surface area (Å²) in [4.78, 5) is 19.9. The average Bonchev–Trinajstić information content (AvgIpc) is 3.31. The van der Waals surface area contributed by atoms with Crippen LogP contribution in [-0.4, -0.2) is 26.1 Å². The number of nitrogens with one attached hydrogen (secondary N) is 2. The lowest BCUT2D eigenvalue weighted by Gasteiger charge is -1.98. The molecule has 4 rings (SSSR count). The number of aromatic amines is 1. The van der Waals surface area contributed by atoms with Gasteiger partial charge >= 0.3 is 0 Å². The molecule has 2 N–H and O–H groups in total. The van der Waals surface area contributed by atoms with Crippen molar-refractivity contribution in [2.45, 2.75) is 13.5 Å². The number of amides is 1. The van der Waals surface area contributed by atoms with Gasteiger partial charge in [0.1, 0.15) is 10.7 Å². The van der Waals surface area contributed by atoms with Crippen LogP contribution >= 0.6 is 11.3 Å². The number of carbonyl (C=O) groups is 1. The van der Waals surface area contributed by atoms with Gasteiger partial charge in [0.05, 0.1) is 12.2 Å². The van der Waals surface area contributed by atoms with Crippen LogP contribution in [0.15, 0.2) is 40.1 Å². The molecule has 0 aliphatic rings. The standard InChI is InChI=1S/C16H13N5O2S/c1-9-20-21-14(23-9)7-17-15(22)13-8-24-16(19-13)12-6-10-4-2-3-5-11(10)18-12/h2-6,8,18H,7H2,1H3,(H,17,22). The van der Waals surface area contributed by atoms with Crippen molar-refractivity contribution in [2.24, 2.45) is 0 Å². The zero-order chi connectivity index (χ0) is 16.5. The maximum Gasteiger partial charge on any atom is 0.271 e. The highest BCUT2D eigenvalue weighted by Crippen LogP contribution is 2.26. The molecule has 7 nitrogen and oxygen atoms in total. The molecule has 0 unspecified atom stereocenters. The van der Waals surface area contributed by atoms with Gasteiger partial charge in [0.15, 0.2) is 0 Å². The van der Waals surface area contributed by atoms with E-state index >= 15 is 0 Å². The zero-order valence-electron chi connectivity index (χ0n) is 12.7. The lowest BCUT2D eigenvalue weighted by atomic mass is 10.2. The molecule has 1 amide bonds. The van der Waals surface area contributed by atoms with E-state index in [0.29, 0.717) is 17.5 Å². The summed E-state index contributed by atoms with van der Waals surface area (Å²) in [6, 6.07) is 10.0. The van der Waals surface area contributed by atoms with Gasteiger partial charge in [-0.05, 0) is 12.1 Å². The predicted octanol–water partition coefficient (Wildman–Crippen LogP) is 2.91. The first-order valence-corrected chi connectivity index (χ1v) is 8.18. The summed E-state index contributed by atoms with van der Waals surface area (Å²) in [6.07, 6.45) is 0. The molecule has 0 saturated heterocycles. The summed E-state index contributed by atoms with van der Waals surface area (Å²) in [7, 11) is 0. The third-order valence-corrected chi connectivity index (χ3v) is 4.34. The van der Waals surface area contributed by atoms with E-state index in [-0.39, 0.29) is 12.5 Å². The molecule has 3 aromatic heterocycles. The number of benzene rings is 1. The molecule has 0 bridgehead atoms. The van der Waals surface area contributed by atoms with Crippen LogP contribution in [0.4, 0.5) is 0 Å². The number of thiazole rings is 1. The van der Waals surface area contributed by atoms with Crippen LogP contribution in [-0.2, 0) is 6.54 Å². The molecule has 0 aliphatic heterocycles. The summed E-state index contributed by atoms with van der Waals surface area (Å²) in [5.41, 5.74) is 2.30. The van der Waals surface area contributed by atoms with Crippen molar-refractivity contribution in [1.29, 1.82) is 0 Å². The molecular weight excluding hydrogens is 326 g/mol. The van der Waals surface area contributed by atoms with Crippen molar-refractivity contribution in [3.63, 3.8) is 0 Å². The fourth-order valence-electron chi connectivity index (χ4n) is 2.35. The van der Waals surface area contributed by atoms with Crippen LogP contribution in [0.25, 0.3) is 21.6 Å². The number of aryl methyl sites for hydroxylation is 1. The first kappa shape index (κ1) is 14.6. The highest BCUT2D eigenvalue weighted by Gasteiger charge is 2.14. The third kappa shape index (κ3) is 2.79. The van der Waals surface area contributed by atoms with Crippen LogP contribution in [0.5, 0.6) is 0 Å². The maximum atomic E-state index is 12.2. The van der Waals surface area contributed by atoms with Gasteiger partial charge in [0, 0.05) is 23.2 Å². The maximum absolute atomic E-state index is 12.2. The summed E-state index contributed by atoms with van der Waals surface area (Å²) in [6.45, 7) is 1.88. The Morgan fingerprint density at radius 2 is 2.21 bits per heavy atom. The van der Waals surface area contributed by atoms with Gasteiger partial charge in [-0.25, -0.2) is 4.98 Å². The van der Waals surface area contributed by atoms with Crippen LogP contribution < -0.4 is 5.32 Å². The second-order valence-corrected chi connectivity index (χ2v) is 6.06. The Kier molecular flexibility index (Phi) is 3.58. The van der Waals surface area contributed by atoms with Gasteiger partial charge < -0.3 is 14.7 Å². The van der Waals surface area contributed by atoms with Crippen molar-refractivity contribution in [3.05, 3.63) is 53.2 Å². The van der Waals surface area contributed by atoms with E-state index in [1.54, 1.807) is 12.3 Å². The van der Waals surface area contributed by atoms with E-state index < -0.39 is 0 Å². The minimum atomic E-state index is -0.274. The van der Waals surface area contributed by atoms with E-state index in [0.717, 1.165) is 21.6 Å². The highest BCUT2D eigenvalue weighted by atomic mass is 32.1. The topological polar surface area (TPSA) is 96.7 Å². The highest BCUT2D eigenvalue weighted by molar-refractivity contribution is 7.13. The quantitative estimate of drug-likeness (QED) is 0.596. The van der Waals surface area contributed by atoms with E-state index in [1.165, 1.54) is 11.3 Å². The first-order valence-electron chi connectivity index (χ1n) is 7.30. The number of rotatable bonds is 4. The number of nitrogens with zero attached hydrogens (tertiary/aromatic N) is 3. The number of hydrogen-bond acceptors (Lipinski definition) is 6. The van der Waals surface area contributed by atoms with E-state index in [2.05, 4.69) is 25.5 Å². The Labute approximate surface area is 140 Å². The zero-order valence-corrected chi connectivity index (χ0v) is 13.6. The molecule has 1 aromatic carbocycles. The van der Waals surface area contributed by atoms with Gasteiger partial charge in [0.2, 0.25) is 11.8 Å². The normalized spacial score (nSPS) is 11.0. The molecule has 3 heterocycles. The van der Waals surface area contributed by atoms with Crippen LogP contribution in [0.2, 0.25) is 0 Å². The van der Waals surface area contributed by atoms with Gasteiger partial charge in [-0.2, -0.15) is 0 Å². The smallest absolute Gasteiger partial charge is 0.271 e. The Morgan fingerprint density at radius 1 is 1.33 bits per heavy atom. The molecule has 4 aromatic rings. The summed E-state index contributed by atoms with van der Waals surface area (Å²) >= 11 is 1.42. The number of hydrogen-bond donors (Lipinski definition) is 2. The average molecular weight is 339 g/mol. The minimum absolute atomic E-state index is 0.179. The number of aromatic nitrogens is 4. The number of para-hydroxylation sites is 1. The molecule has 0 radical (unpaired) electrons. The monoisotopic (exact) mass is 339 g/mol. The Hall–Kier alpha value is -3.00. The predicted molar refractivity (Wildman–Crippen MR) is 89.6 cm³/mol. The van der Waals surface area contributed by atoms with Gasteiger partial charge in [0.25, 0.3) is 5.91 Å². The minimum Gasteiger partial charge on any atom is -0.424 e. The molecule has 0 saturated carbocycles. The molecule has 0 atom stereocenters. The van der Waals surface area contributed by atoms with Crippen molar-refractivity contribution in [3.8, 4) is 10.7 Å². The van der Waals surface area contributed by atoms with Crippen molar-refractivity contribution >= 4 is 28.1 Å². The number of carbonyl (C=O) groups excluding carboxylic acids is 1. The second kappa shape index (κ2) is 5.89. The SMILES string of the molecule is Cc1nnc(CNC(=O)c2csc(-c3cc4ccccc4[nH]3)n2)o1. The summed E-state index contributed by atoms with van der Waals surface area (Å²) in [5, 5.41) is 13.9. The fraction of sp³-hybridized carbons (Fsp3) is 0.125. The molecule has 0 aliphatic carbocycles. The van der Waals surface area contributed by atoms with E-state index in [9.17, 15) is 4.79 Å². The third-order valence-electron chi connectivity index (χ3n) is 3.47. The molecule has 120 valence electrons. The Bertz CT molecular complexity index is 983. The number of H-pyrrole nitrogens is 1. The molecule has 0 spiro atoms. The van der Waals surface area contributed by atoms with E-state index in [4.69, 9.17) is 4.42 Å². The largest absolute Gasteiger partial charge is 0.424 e. The first-order chi connectivity index (χ1) is 11.7.